The summed E-state index contributed by atoms with van der Waals surface area (Å²) >= 11 is 0. The molecule has 0 radical (unpaired) electrons. The predicted molar refractivity (Wildman–Crippen MR) is 72.5 cm³/mol. The van der Waals surface area contributed by atoms with E-state index in [-0.39, 0.29) is 17.6 Å². The lowest BCUT2D eigenvalue weighted by atomic mass is 9.96. The maximum atomic E-state index is 11.9. The van der Waals surface area contributed by atoms with Crippen LogP contribution in [0.3, 0.4) is 0 Å². The minimum atomic E-state index is -2.95. The summed E-state index contributed by atoms with van der Waals surface area (Å²) in [5, 5.41) is 3.38. The zero-order valence-electron chi connectivity index (χ0n) is 11.1. The molecule has 2 aliphatic rings. The van der Waals surface area contributed by atoms with E-state index < -0.39 is 9.84 Å². The molecule has 5 heteroatoms. The van der Waals surface area contributed by atoms with E-state index in [0.29, 0.717) is 12.6 Å². The summed E-state index contributed by atoms with van der Waals surface area (Å²) in [7, 11) is -2.95. The first-order valence-electron chi connectivity index (χ1n) is 7.21. The van der Waals surface area contributed by atoms with Gasteiger partial charge in [0.25, 0.3) is 0 Å². The standard InChI is InChI=1S/C13H25NO3S/c15-18(16,11-13-7-4-9-17-13)10-8-14-12-5-2-1-3-6-12/h12-14H,1-11H2. The van der Waals surface area contributed by atoms with E-state index in [0.717, 1.165) is 19.4 Å². The van der Waals surface area contributed by atoms with Gasteiger partial charge in [0.2, 0.25) is 0 Å². The second-order valence-corrected chi connectivity index (χ2v) is 7.77. The van der Waals surface area contributed by atoms with Gasteiger partial charge in [0.05, 0.1) is 17.6 Å². The molecule has 0 aromatic carbocycles. The Morgan fingerprint density at radius 1 is 1.06 bits per heavy atom. The summed E-state index contributed by atoms with van der Waals surface area (Å²) in [6.45, 7) is 1.32. The molecule has 106 valence electrons. The topological polar surface area (TPSA) is 55.4 Å². The monoisotopic (exact) mass is 275 g/mol. The van der Waals surface area contributed by atoms with Crippen LogP contribution in [0.1, 0.15) is 44.9 Å². The van der Waals surface area contributed by atoms with E-state index >= 15 is 0 Å². The normalized spacial score (nSPS) is 26.6. The van der Waals surface area contributed by atoms with Crippen LogP contribution >= 0.6 is 0 Å². The van der Waals surface area contributed by atoms with Gasteiger partial charge >= 0.3 is 0 Å². The maximum Gasteiger partial charge on any atom is 0.154 e. The third-order valence-corrected chi connectivity index (χ3v) is 5.62. The third-order valence-electron chi connectivity index (χ3n) is 3.92. The highest BCUT2D eigenvalue weighted by Crippen LogP contribution is 2.17. The summed E-state index contributed by atoms with van der Waals surface area (Å²) in [6, 6.07) is 0.539. The van der Waals surface area contributed by atoms with Crippen LogP contribution in [0.5, 0.6) is 0 Å². The average Bonchev–Trinajstić information content (AvgIpc) is 2.82. The van der Waals surface area contributed by atoms with Gasteiger partial charge in [0.1, 0.15) is 0 Å². The van der Waals surface area contributed by atoms with Gasteiger partial charge < -0.3 is 10.1 Å². The summed E-state index contributed by atoms with van der Waals surface area (Å²) in [5.74, 6) is 0.461. The van der Waals surface area contributed by atoms with Crippen molar-refractivity contribution in [1.29, 1.82) is 0 Å². The van der Waals surface area contributed by atoms with Crippen LogP contribution in [0, 0.1) is 0 Å². The summed E-state index contributed by atoms with van der Waals surface area (Å²) in [6.07, 6.45) is 8.13. The first-order valence-corrected chi connectivity index (χ1v) is 9.03. The fourth-order valence-electron chi connectivity index (χ4n) is 2.87. The van der Waals surface area contributed by atoms with Crippen LogP contribution in [0.15, 0.2) is 0 Å². The molecule has 2 fully saturated rings. The molecule has 1 heterocycles. The zero-order valence-corrected chi connectivity index (χ0v) is 11.9. The van der Waals surface area contributed by atoms with Crippen LogP contribution in [0.4, 0.5) is 0 Å². The van der Waals surface area contributed by atoms with Crippen molar-refractivity contribution in [1.82, 2.24) is 5.32 Å². The van der Waals surface area contributed by atoms with Gasteiger partial charge in [-0.15, -0.1) is 0 Å². The summed E-state index contributed by atoms with van der Waals surface area (Å²) in [4.78, 5) is 0. The van der Waals surface area contributed by atoms with Gasteiger partial charge in [0.15, 0.2) is 9.84 Å². The fraction of sp³-hybridized carbons (Fsp3) is 1.00. The second kappa shape index (κ2) is 6.87. The van der Waals surface area contributed by atoms with Crippen LogP contribution in [-0.4, -0.2) is 45.2 Å². The third kappa shape index (κ3) is 4.86. The van der Waals surface area contributed by atoms with Gasteiger partial charge in [-0.1, -0.05) is 19.3 Å². The first kappa shape index (κ1) is 14.3. The largest absolute Gasteiger partial charge is 0.377 e. The molecule has 0 amide bonds. The molecule has 1 atom stereocenters. The van der Waals surface area contributed by atoms with E-state index in [1.54, 1.807) is 0 Å². The lowest BCUT2D eigenvalue weighted by Crippen LogP contribution is -2.36. The minimum Gasteiger partial charge on any atom is -0.377 e. The number of nitrogens with one attached hydrogen (secondary N) is 1. The lowest BCUT2D eigenvalue weighted by molar-refractivity contribution is 0.127. The van der Waals surface area contributed by atoms with Crippen molar-refractivity contribution in [3.63, 3.8) is 0 Å². The Hall–Kier alpha value is -0.130. The van der Waals surface area contributed by atoms with Crippen LogP contribution in [-0.2, 0) is 14.6 Å². The van der Waals surface area contributed by atoms with E-state index in [2.05, 4.69) is 5.32 Å². The van der Waals surface area contributed by atoms with E-state index in [1.165, 1.54) is 32.1 Å². The maximum absolute atomic E-state index is 11.9. The van der Waals surface area contributed by atoms with Gasteiger partial charge in [-0.25, -0.2) is 8.42 Å². The Bertz CT molecular complexity index is 330. The molecule has 2 rings (SSSR count). The van der Waals surface area contributed by atoms with Crippen LogP contribution in [0.25, 0.3) is 0 Å². The molecule has 1 N–H and O–H groups in total. The Balaban J connectivity index is 1.64. The molecule has 1 saturated heterocycles. The van der Waals surface area contributed by atoms with Gasteiger partial charge in [-0.05, 0) is 25.7 Å². The smallest absolute Gasteiger partial charge is 0.154 e. The molecule has 1 aliphatic carbocycles. The van der Waals surface area contributed by atoms with E-state index in [9.17, 15) is 8.42 Å². The Labute approximate surface area is 110 Å². The highest BCUT2D eigenvalue weighted by molar-refractivity contribution is 7.91. The van der Waals surface area contributed by atoms with E-state index in [1.807, 2.05) is 0 Å². The lowest BCUT2D eigenvalue weighted by Gasteiger charge is -2.22. The Morgan fingerprint density at radius 3 is 2.50 bits per heavy atom. The summed E-state index contributed by atoms with van der Waals surface area (Å²) in [5.41, 5.74) is 0. The molecule has 1 unspecified atom stereocenters. The van der Waals surface area contributed by atoms with Crippen molar-refractivity contribution >= 4 is 9.84 Å². The predicted octanol–water partition coefficient (Wildman–Crippen LogP) is 1.50. The van der Waals surface area contributed by atoms with Crippen molar-refractivity contribution in [2.24, 2.45) is 0 Å². The summed E-state index contributed by atoms with van der Waals surface area (Å²) < 4.78 is 29.2. The number of ether oxygens (including phenoxy) is 1. The molecular formula is C13H25NO3S. The zero-order chi connectivity index (χ0) is 12.8. The van der Waals surface area contributed by atoms with Crippen molar-refractivity contribution < 1.29 is 13.2 Å². The van der Waals surface area contributed by atoms with Crippen molar-refractivity contribution in [2.75, 3.05) is 24.7 Å². The highest BCUT2D eigenvalue weighted by Gasteiger charge is 2.23. The molecule has 1 saturated carbocycles. The minimum absolute atomic E-state index is 0.0512. The van der Waals surface area contributed by atoms with E-state index in [4.69, 9.17) is 4.74 Å². The molecule has 18 heavy (non-hydrogen) atoms. The highest BCUT2D eigenvalue weighted by atomic mass is 32.2. The van der Waals surface area contributed by atoms with Crippen molar-refractivity contribution in [3.8, 4) is 0 Å². The number of hydrogen-bond donors (Lipinski definition) is 1. The number of sulfone groups is 1. The SMILES string of the molecule is O=S(=O)(CCNC1CCCCC1)CC1CCCO1. The van der Waals surface area contributed by atoms with Crippen LogP contribution in [0.2, 0.25) is 0 Å². The molecule has 0 aromatic heterocycles. The molecule has 0 bridgehead atoms. The quantitative estimate of drug-likeness (QED) is 0.798. The Morgan fingerprint density at radius 2 is 1.83 bits per heavy atom. The molecule has 0 aromatic rings. The second-order valence-electron chi connectivity index (χ2n) is 5.54. The molecule has 1 aliphatic heterocycles. The van der Waals surface area contributed by atoms with Gasteiger partial charge in [-0.2, -0.15) is 0 Å². The van der Waals surface area contributed by atoms with Crippen molar-refractivity contribution in [2.45, 2.75) is 57.1 Å². The first-order chi connectivity index (χ1) is 8.66. The molecule has 0 spiro atoms. The fourth-order valence-corrected chi connectivity index (χ4v) is 4.29. The number of rotatable bonds is 6. The number of hydrogen-bond acceptors (Lipinski definition) is 4. The van der Waals surface area contributed by atoms with Crippen LogP contribution < -0.4 is 5.32 Å². The van der Waals surface area contributed by atoms with Crippen molar-refractivity contribution in [3.05, 3.63) is 0 Å². The van der Waals surface area contributed by atoms with Gasteiger partial charge in [0, 0.05) is 19.2 Å². The Kier molecular flexibility index (Phi) is 5.45. The average molecular weight is 275 g/mol. The van der Waals surface area contributed by atoms with Gasteiger partial charge in [-0.3, -0.25) is 0 Å². The molecular weight excluding hydrogens is 250 g/mol. The molecule has 4 nitrogen and oxygen atoms in total.